The van der Waals surface area contributed by atoms with Crippen LogP contribution in [0.25, 0.3) is 0 Å². The maximum Gasteiger partial charge on any atom is 0.229 e. The van der Waals surface area contributed by atoms with Crippen LogP contribution in [0.4, 0.5) is 8.78 Å². The number of carbonyl (C=O) groups is 1. The molecule has 1 aliphatic heterocycles. The Morgan fingerprint density at radius 1 is 1.42 bits per heavy atom. The van der Waals surface area contributed by atoms with Crippen molar-refractivity contribution in [1.29, 1.82) is 0 Å². The van der Waals surface area contributed by atoms with Gasteiger partial charge in [0, 0.05) is 20.1 Å². The lowest BCUT2D eigenvalue weighted by Crippen LogP contribution is -2.41. The third kappa shape index (κ3) is 2.92. The maximum atomic E-state index is 13.1. The van der Waals surface area contributed by atoms with Crippen LogP contribution in [0, 0.1) is 17.0 Å². The van der Waals surface area contributed by atoms with Crippen LogP contribution >= 0.6 is 0 Å². The minimum absolute atomic E-state index is 0.0298. The van der Waals surface area contributed by atoms with Crippen LogP contribution in [0.3, 0.4) is 0 Å². The molecular weight excluding hydrogens is 250 g/mol. The lowest BCUT2D eigenvalue weighted by Gasteiger charge is -2.28. The van der Waals surface area contributed by atoms with Crippen LogP contribution < -0.4 is 5.32 Å². The van der Waals surface area contributed by atoms with E-state index >= 15 is 0 Å². The Bertz CT molecular complexity index is 484. The van der Waals surface area contributed by atoms with Crippen LogP contribution in [0.2, 0.25) is 0 Å². The van der Waals surface area contributed by atoms with Crippen molar-refractivity contribution in [2.75, 3.05) is 20.1 Å². The summed E-state index contributed by atoms with van der Waals surface area (Å²) in [5.74, 6) is -1.72. The highest BCUT2D eigenvalue weighted by molar-refractivity contribution is 5.82. The Balaban J connectivity index is 2.06. The summed E-state index contributed by atoms with van der Waals surface area (Å²) in [5.41, 5.74) is 0.192. The van der Waals surface area contributed by atoms with Crippen molar-refractivity contribution in [3.63, 3.8) is 0 Å². The van der Waals surface area contributed by atoms with Gasteiger partial charge in [0.05, 0.1) is 5.41 Å². The molecule has 1 saturated heterocycles. The zero-order valence-corrected chi connectivity index (χ0v) is 11.2. The smallest absolute Gasteiger partial charge is 0.229 e. The van der Waals surface area contributed by atoms with Gasteiger partial charge in [-0.05, 0) is 37.6 Å². The van der Waals surface area contributed by atoms with Gasteiger partial charge in [-0.1, -0.05) is 6.07 Å². The van der Waals surface area contributed by atoms with Crippen LogP contribution in [0.5, 0.6) is 0 Å². The lowest BCUT2D eigenvalue weighted by molar-refractivity contribution is -0.139. The van der Waals surface area contributed by atoms with Crippen molar-refractivity contribution >= 4 is 5.91 Å². The zero-order valence-electron chi connectivity index (χ0n) is 11.2. The van der Waals surface area contributed by atoms with E-state index in [1.165, 1.54) is 6.07 Å². The molecule has 3 nitrogen and oxygen atoms in total. The van der Waals surface area contributed by atoms with Gasteiger partial charge in [-0.15, -0.1) is 0 Å². The molecule has 0 aliphatic carbocycles. The third-order valence-corrected chi connectivity index (χ3v) is 3.64. The van der Waals surface area contributed by atoms with Crippen molar-refractivity contribution in [2.24, 2.45) is 5.41 Å². The second kappa shape index (κ2) is 5.25. The molecule has 0 bridgehead atoms. The normalized spacial score (nSPS) is 22.5. The molecule has 1 fully saturated rings. The monoisotopic (exact) mass is 268 g/mol. The van der Waals surface area contributed by atoms with Gasteiger partial charge in [0.25, 0.3) is 0 Å². The topological polar surface area (TPSA) is 32.3 Å². The van der Waals surface area contributed by atoms with Crippen molar-refractivity contribution in [3.05, 3.63) is 35.4 Å². The third-order valence-electron chi connectivity index (χ3n) is 3.64. The van der Waals surface area contributed by atoms with Crippen LogP contribution in [-0.2, 0) is 11.3 Å². The number of amides is 1. The van der Waals surface area contributed by atoms with Gasteiger partial charge < -0.3 is 10.2 Å². The fraction of sp³-hybridized carbons (Fsp3) is 0.500. The number of nitrogens with one attached hydrogen (secondary N) is 1. The highest BCUT2D eigenvalue weighted by Crippen LogP contribution is 2.27. The Labute approximate surface area is 111 Å². The molecule has 1 amide bonds. The summed E-state index contributed by atoms with van der Waals surface area (Å²) in [6.45, 7) is 3.71. The van der Waals surface area contributed by atoms with Crippen molar-refractivity contribution in [3.8, 4) is 0 Å². The predicted molar refractivity (Wildman–Crippen MR) is 68.4 cm³/mol. The van der Waals surface area contributed by atoms with E-state index in [0.29, 0.717) is 12.1 Å². The second-order valence-corrected chi connectivity index (χ2v) is 5.40. The van der Waals surface area contributed by atoms with E-state index in [0.717, 1.165) is 25.1 Å². The largest absolute Gasteiger partial charge is 0.341 e. The Kier molecular flexibility index (Phi) is 3.85. The number of benzene rings is 1. The average Bonchev–Trinajstić information content (AvgIpc) is 2.81. The van der Waals surface area contributed by atoms with Crippen LogP contribution in [-0.4, -0.2) is 30.9 Å². The van der Waals surface area contributed by atoms with E-state index in [1.54, 1.807) is 11.9 Å². The van der Waals surface area contributed by atoms with E-state index in [9.17, 15) is 13.6 Å². The van der Waals surface area contributed by atoms with Gasteiger partial charge in [0.2, 0.25) is 5.91 Å². The van der Waals surface area contributed by atoms with Gasteiger partial charge in [0.1, 0.15) is 0 Å². The first-order chi connectivity index (χ1) is 8.92. The summed E-state index contributed by atoms with van der Waals surface area (Å²) in [6.07, 6.45) is 0.800. The quantitative estimate of drug-likeness (QED) is 0.908. The van der Waals surface area contributed by atoms with E-state index in [4.69, 9.17) is 0 Å². The molecular formula is C14H18F2N2O. The Morgan fingerprint density at radius 2 is 2.16 bits per heavy atom. The number of carbonyl (C=O) groups excluding carboxylic acids is 1. The molecule has 1 heterocycles. The summed E-state index contributed by atoms with van der Waals surface area (Å²) in [7, 11) is 1.69. The molecule has 0 saturated carbocycles. The summed E-state index contributed by atoms with van der Waals surface area (Å²) in [6, 6.07) is 3.72. The molecule has 1 unspecified atom stereocenters. The molecule has 2 rings (SSSR count). The van der Waals surface area contributed by atoms with E-state index < -0.39 is 17.0 Å². The predicted octanol–water partition coefficient (Wildman–Crippen LogP) is 1.92. The molecule has 5 heteroatoms. The van der Waals surface area contributed by atoms with Gasteiger partial charge in [-0.25, -0.2) is 8.78 Å². The molecule has 0 spiro atoms. The van der Waals surface area contributed by atoms with Gasteiger partial charge >= 0.3 is 0 Å². The Hall–Kier alpha value is -1.49. The molecule has 0 radical (unpaired) electrons. The first-order valence-electron chi connectivity index (χ1n) is 6.32. The zero-order chi connectivity index (χ0) is 14.0. The molecule has 0 aromatic heterocycles. The average molecular weight is 268 g/mol. The highest BCUT2D eigenvalue weighted by Gasteiger charge is 2.38. The number of rotatable bonds is 3. The molecule has 19 heavy (non-hydrogen) atoms. The number of hydrogen-bond donors (Lipinski definition) is 1. The fourth-order valence-electron chi connectivity index (χ4n) is 2.44. The number of nitrogens with zero attached hydrogens (tertiary/aromatic N) is 1. The fourth-order valence-corrected chi connectivity index (χ4v) is 2.44. The van der Waals surface area contributed by atoms with E-state index in [2.05, 4.69) is 5.32 Å². The van der Waals surface area contributed by atoms with Crippen molar-refractivity contribution in [1.82, 2.24) is 10.2 Å². The van der Waals surface area contributed by atoms with Crippen LogP contribution in [0.15, 0.2) is 18.2 Å². The standard InChI is InChI=1S/C14H18F2N2O/c1-14(5-6-17-9-14)13(19)18(2)8-10-3-4-11(15)12(16)7-10/h3-4,7,17H,5-6,8-9H2,1-2H3. The van der Waals surface area contributed by atoms with Crippen LogP contribution in [0.1, 0.15) is 18.9 Å². The second-order valence-electron chi connectivity index (χ2n) is 5.40. The maximum absolute atomic E-state index is 13.1. The van der Waals surface area contributed by atoms with Gasteiger partial charge in [0.15, 0.2) is 11.6 Å². The molecule has 1 aliphatic rings. The summed E-state index contributed by atoms with van der Waals surface area (Å²) in [5, 5.41) is 3.17. The van der Waals surface area contributed by atoms with E-state index in [-0.39, 0.29) is 12.5 Å². The van der Waals surface area contributed by atoms with E-state index in [1.807, 2.05) is 6.92 Å². The van der Waals surface area contributed by atoms with Crippen molar-refractivity contribution < 1.29 is 13.6 Å². The first-order valence-corrected chi connectivity index (χ1v) is 6.32. The molecule has 1 aromatic rings. The summed E-state index contributed by atoms with van der Waals surface area (Å²) < 4.78 is 26.0. The summed E-state index contributed by atoms with van der Waals surface area (Å²) in [4.78, 5) is 13.9. The number of hydrogen-bond acceptors (Lipinski definition) is 2. The molecule has 1 aromatic carbocycles. The number of halogens is 2. The highest BCUT2D eigenvalue weighted by atomic mass is 19.2. The minimum atomic E-state index is -0.882. The Morgan fingerprint density at radius 3 is 2.74 bits per heavy atom. The molecule has 1 atom stereocenters. The summed E-state index contributed by atoms with van der Waals surface area (Å²) >= 11 is 0. The minimum Gasteiger partial charge on any atom is -0.341 e. The molecule has 1 N–H and O–H groups in total. The van der Waals surface area contributed by atoms with Gasteiger partial charge in [-0.2, -0.15) is 0 Å². The van der Waals surface area contributed by atoms with Crippen molar-refractivity contribution in [2.45, 2.75) is 19.9 Å². The SMILES string of the molecule is CN(Cc1ccc(F)c(F)c1)C(=O)C1(C)CCNC1. The lowest BCUT2D eigenvalue weighted by atomic mass is 9.88. The van der Waals surface area contributed by atoms with Gasteiger partial charge in [-0.3, -0.25) is 4.79 Å². The first kappa shape index (κ1) is 13.9. The molecule has 104 valence electrons.